The first-order valence-electron chi connectivity index (χ1n) is 9.04. The second kappa shape index (κ2) is 9.89. The minimum Gasteiger partial charge on any atom is -0.495 e. The molecule has 26 heavy (non-hydrogen) atoms. The number of unbranched alkanes of at least 4 members (excludes halogenated alkanes) is 1. The summed E-state index contributed by atoms with van der Waals surface area (Å²) in [7, 11) is -2.30. The van der Waals surface area contributed by atoms with E-state index in [9.17, 15) is 13.2 Å². The highest BCUT2D eigenvalue weighted by molar-refractivity contribution is 7.89. The van der Waals surface area contributed by atoms with Crippen LogP contribution >= 0.6 is 0 Å². The molecular weight excluding hydrogens is 356 g/mol. The third kappa shape index (κ3) is 6.26. The SMILES string of the molecule is CCCCOCCCNC(=O)c1ccc(OC)c(S(=O)(=O)NC2CC2)c1. The molecule has 1 amide bonds. The lowest BCUT2D eigenvalue weighted by Crippen LogP contribution is -2.28. The first kappa shape index (κ1) is 20.7. The van der Waals surface area contributed by atoms with E-state index in [1.807, 2.05) is 0 Å². The molecule has 1 fully saturated rings. The highest BCUT2D eigenvalue weighted by atomic mass is 32.2. The molecule has 1 aromatic carbocycles. The summed E-state index contributed by atoms with van der Waals surface area (Å²) in [5, 5.41) is 2.78. The Labute approximate surface area is 155 Å². The summed E-state index contributed by atoms with van der Waals surface area (Å²) in [4.78, 5) is 12.3. The Hall–Kier alpha value is -1.64. The van der Waals surface area contributed by atoms with Crippen LogP contribution in [0.1, 0.15) is 49.4 Å². The van der Waals surface area contributed by atoms with Crippen molar-refractivity contribution in [3.63, 3.8) is 0 Å². The second-order valence-electron chi connectivity index (χ2n) is 6.34. The van der Waals surface area contributed by atoms with Crippen LogP contribution in [-0.4, -0.2) is 47.2 Å². The van der Waals surface area contributed by atoms with Crippen LogP contribution in [0, 0.1) is 0 Å². The standard InChI is InChI=1S/C18H28N2O5S/c1-3-4-11-25-12-5-10-19-18(21)14-6-9-16(24-2)17(13-14)26(22,23)20-15-7-8-15/h6,9,13,15,20H,3-5,7-8,10-12H2,1-2H3,(H,19,21). The van der Waals surface area contributed by atoms with E-state index in [0.717, 1.165) is 32.3 Å². The summed E-state index contributed by atoms with van der Waals surface area (Å²) in [6.45, 7) is 3.90. The van der Waals surface area contributed by atoms with E-state index in [4.69, 9.17) is 9.47 Å². The van der Waals surface area contributed by atoms with Gasteiger partial charge in [0.25, 0.3) is 5.91 Å². The predicted molar refractivity (Wildman–Crippen MR) is 99.0 cm³/mol. The average Bonchev–Trinajstić information content (AvgIpc) is 3.43. The summed E-state index contributed by atoms with van der Waals surface area (Å²) >= 11 is 0. The fourth-order valence-electron chi connectivity index (χ4n) is 2.34. The smallest absolute Gasteiger partial charge is 0.251 e. The lowest BCUT2D eigenvalue weighted by Gasteiger charge is -2.12. The van der Waals surface area contributed by atoms with E-state index in [1.165, 1.54) is 19.2 Å². The fourth-order valence-corrected chi connectivity index (χ4v) is 3.84. The van der Waals surface area contributed by atoms with E-state index in [-0.39, 0.29) is 28.2 Å². The first-order valence-corrected chi connectivity index (χ1v) is 10.5. The number of carbonyl (C=O) groups is 1. The Morgan fingerprint density at radius 3 is 2.62 bits per heavy atom. The largest absolute Gasteiger partial charge is 0.495 e. The molecule has 2 rings (SSSR count). The topological polar surface area (TPSA) is 93.7 Å². The maximum Gasteiger partial charge on any atom is 0.251 e. The molecule has 1 saturated carbocycles. The van der Waals surface area contributed by atoms with Gasteiger partial charge in [-0.05, 0) is 43.9 Å². The van der Waals surface area contributed by atoms with Gasteiger partial charge >= 0.3 is 0 Å². The van der Waals surface area contributed by atoms with Crippen molar-refractivity contribution in [1.29, 1.82) is 0 Å². The number of ether oxygens (including phenoxy) is 2. The van der Waals surface area contributed by atoms with Crippen molar-refractivity contribution >= 4 is 15.9 Å². The zero-order valence-corrected chi connectivity index (χ0v) is 16.2. The fraction of sp³-hybridized carbons (Fsp3) is 0.611. The highest BCUT2D eigenvalue weighted by Gasteiger charge is 2.30. The Morgan fingerprint density at radius 1 is 1.23 bits per heavy atom. The van der Waals surface area contributed by atoms with Gasteiger partial charge in [0.2, 0.25) is 10.0 Å². The number of methoxy groups -OCH3 is 1. The maximum absolute atomic E-state index is 12.5. The van der Waals surface area contributed by atoms with Crippen molar-refractivity contribution in [2.45, 2.75) is 50.0 Å². The molecule has 0 bridgehead atoms. The van der Waals surface area contributed by atoms with Crippen LogP contribution in [0.25, 0.3) is 0 Å². The van der Waals surface area contributed by atoms with Gasteiger partial charge in [-0.2, -0.15) is 0 Å². The van der Waals surface area contributed by atoms with Crippen LogP contribution in [0.15, 0.2) is 23.1 Å². The molecule has 0 saturated heterocycles. The van der Waals surface area contributed by atoms with Gasteiger partial charge in [-0.15, -0.1) is 0 Å². The van der Waals surface area contributed by atoms with Crippen LogP contribution in [0.4, 0.5) is 0 Å². The minimum atomic E-state index is -3.71. The summed E-state index contributed by atoms with van der Waals surface area (Å²) in [5.74, 6) is -0.0943. The average molecular weight is 384 g/mol. The van der Waals surface area contributed by atoms with E-state index in [1.54, 1.807) is 6.07 Å². The molecule has 0 aromatic heterocycles. The monoisotopic (exact) mass is 384 g/mol. The third-order valence-electron chi connectivity index (χ3n) is 4.01. The Kier molecular flexibility index (Phi) is 7.86. The molecule has 7 nitrogen and oxygen atoms in total. The zero-order chi connectivity index (χ0) is 19.0. The number of sulfonamides is 1. The zero-order valence-electron chi connectivity index (χ0n) is 15.4. The van der Waals surface area contributed by atoms with Gasteiger partial charge in [-0.3, -0.25) is 4.79 Å². The van der Waals surface area contributed by atoms with Crippen LogP contribution in [0.3, 0.4) is 0 Å². The van der Waals surface area contributed by atoms with E-state index >= 15 is 0 Å². The molecule has 2 N–H and O–H groups in total. The second-order valence-corrected chi connectivity index (χ2v) is 8.02. The van der Waals surface area contributed by atoms with Crippen LogP contribution in [0.2, 0.25) is 0 Å². The molecule has 0 atom stereocenters. The van der Waals surface area contributed by atoms with E-state index in [2.05, 4.69) is 17.0 Å². The van der Waals surface area contributed by atoms with Crippen molar-refractivity contribution in [2.24, 2.45) is 0 Å². The van der Waals surface area contributed by atoms with Crippen molar-refractivity contribution in [2.75, 3.05) is 26.9 Å². The van der Waals surface area contributed by atoms with Crippen molar-refractivity contribution in [1.82, 2.24) is 10.0 Å². The van der Waals surface area contributed by atoms with Gasteiger partial charge in [0.15, 0.2) is 0 Å². The molecule has 0 radical (unpaired) electrons. The third-order valence-corrected chi connectivity index (χ3v) is 5.55. The Balaban J connectivity index is 1.94. The Bertz CT molecular complexity index is 702. The molecule has 0 heterocycles. The molecule has 146 valence electrons. The molecular formula is C18H28N2O5S. The lowest BCUT2D eigenvalue weighted by molar-refractivity contribution is 0.0940. The number of rotatable bonds is 12. The summed E-state index contributed by atoms with van der Waals surface area (Å²) < 4.78 is 38.2. The summed E-state index contributed by atoms with van der Waals surface area (Å²) in [6.07, 6.45) is 4.50. The molecule has 1 aliphatic carbocycles. The highest BCUT2D eigenvalue weighted by Crippen LogP contribution is 2.28. The quantitative estimate of drug-likeness (QED) is 0.538. The first-order chi connectivity index (χ1) is 12.5. The van der Waals surface area contributed by atoms with Crippen LogP contribution < -0.4 is 14.8 Å². The number of hydrogen-bond donors (Lipinski definition) is 2. The minimum absolute atomic E-state index is 0.0116. The number of hydrogen-bond acceptors (Lipinski definition) is 5. The van der Waals surface area contributed by atoms with Gasteiger partial charge in [-0.1, -0.05) is 13.3 Å². The number of amides is 1. The molecule has 1 aromatic rings. The maximum atomic E-state index is 12.5. The van der Waals surface area contributed by atoms with Gasteiger partial charge < -0.3 is 14.8 Å². The van der Waals surface area contributed by atoms with Crippen LogP contribution in [0.5, 0.6) is 5.75 Å². The van der Waals surface area contributed by atoms with Crippen molar-refractivity contribution in [3.8, 4) is 5.75 Å². The van der Waals surface area contributed by atoms with Gasteiger partial charge in [0.05, 0.1) is 7.11 Å². The normalized spacial score (nSPS) is 14.2. The van der Waals surface area contributed by atoms with E-state index < -0.39 is 10.0 Å². The van der Waals surface area contributed by atoms with Gasteiger partial charge in [0, 0.05) is 31.4 Å². The van der Waals surface area contributed by atoms with Gasteiger partial charge in [0.1, 0.15) is 10.6 Å². The molecule has 1 aliphatic rings. The van der Waals surface area contributed by atoms with E-state index in [0.29, 0.717) is 19.6 Å². The predicted octanol–water partition coefficient (Wildman–Crippen LogP) is 2.07. The molecule has 0 aliphatic heterocycles. The number of nitrogens with one attached hydrogen (secondary N) is 2. The van der Waals surface area contributed by atoms with Crippen molar-refractivity contribution in [3.05, 3.63) is 23.8 Å². The number of benzene rings is 1. The Morgan fingerprint density at radius 2 is 1.96 bits per heavy atom. The van der Waals surface area contributed by atoms with Crippen molar-refractivity contribution < 1.29 is 22.7 Å². The summed E-state index contributed by atoms with van der Waals surface area (Å²) in [5.41, 5.74) is 0.286. The molecule has 0 spiro atoms. The number of carbonyl (C=O) groups excluding carboxylic acids is 1. The molecule has 8 heteroatoms. The summed E-state index contributed by atoms with van der Waals surface area (Å²) in [6, 6.07) is 4.40. The van der Waals surface area contributed by atoms with Gasteiger partial charge in [-0.25, -0.2) is 13.1 Å². The molecule has 0 unspecified atom stereocenters. The van der Waals surface area contributed by atoms with Crippen LogP contribution in [-0.2, 0) is 14.8 Å². The lowest BCUT2D eigenvalue weighted by atomic mass is 10.2.